The van der Waals surface area contributed by atoms with E-state index in [9.17, 15) is 9.90 Å². The third kappa shape index (κ3) is 4.15. The number of nitrogens with zero attached hydrogens (tertiary/aromatic N) is 2. The molecule has 0 saturated heterocycles. The highest BCUT2D eigenvalue weighted by Gasteiger charge is 2.27. The van der Waals surface area contributed by atoms with E-state index in [1.807, 2.05) is 34.6 Å². The second-order valence-electron chi connectivity index (χ2n) is 6.15. The maximum Gasteiger partial charge on any atom is 0.271 e. The van der Waals surface area contributed by atoms with Crippen molar-refractivity contribution in [3.63, 3.8) is 0 Å². The SMILES string of the molecule is CC(C)c1ncc(Cl)c(C(=O)NC(CO)C(C)(C)C)n1. The third-order valence-corrected chi connectivity index (χ3v) is 3.30. The van der Waals surface area contributed by atoms with Crippen molar-refractivity contribution in [1.82, 2.24) is 15.3 Å². The third-order valence-electron chi connectivity index (χ3n) is 3.03. The van der Waals surface area contributed by atoms with Gasteiger partial charge >= 0.3 is 0 Å². The Kier molecular flexibility index (Phi) is 5.48. The van der Waals surface area contributed by atoms with E-state index in [0.717, 1.165) is 0 Å². The monoisotopic (exact) mass is 299 g/mol. The van der Waals surface area contributed by atoms with Crippen LogP contribution >= 0.6 is 11.6 Å². The molecular formula is C14H22ClN3O2. The number of carbonyl (C=O) groups excluding carboxylic acids is 1. The smallest absolute Gasteiger partial charge is 0.271 e. The molecule has 1 atom stereocenters. The summed E-state index contributed by atoms with van der Waals surface area (Å²) in [4.78, 5) is 20.6. The van der Waals surface area contributed by atoms with Crippen molar-refractivity contribution in [2.45, 2.75) is 46.6 Å². The minimum absolute atomic E-state index is 0.107. The van der Waals surface area contributed by atoms with Crippen LogP contribution in [0.5, 0.6) is 0 Å². The van der Waals surface area contributed by atoms with Gasteiger partial charge in [-0.05, 0) is 5.41 Å². The second kappa shape index (κ2) is 6.50. The molecule has 20 heavy (non-hydrogen) atoms. The first-order valence-electron chi connectivity index (χ1n) is 6.61. The lowest BCUT2D eigenvalue weighted by molar-refractivity contribution is 0.0842. The van der Waals surface area contributed by atoms with E-state index in [1.165, 1.54) is 6.20 Å². The van der Waals surface area contributed by atoms with E-state index in [1.54, 1.807) is 0 Å². The minimum atomic E-state index is -0.395. The van der Waals surface area contributed by atoms with Gasteiger partial charge in [0, 0.05) is 5.92 Å². The summed E-state index contributed by atoms with van der Waals surface area (Å²) in [5, 5.41) is 12.4. The molecule has 0 bridgehead atoms. The first-order chi connectivity index (χ1) is 9.16. The first-order valence-corrected chi connectivity index (χ1v) is 6.98. The molecule has 1 aromatic rings. The number of hydrogen-bond donors (Lipinski definition) is 2. The molecule has 1 unspecified atom stereocenters. The van der Waals surface area contributed by atoms with E-state index in [-0.39, 0.29) is 34.7 Å². The molecule has 0 saturated carbocycles. The number of amides is 1. The van der Waals surface area contributed by atoms with Gasteiger partial charge in [0.05, 0.1) is 23.9 Å². The first kappa shape index (κ1) is 16.9. The molecule has 112 valence electrons. The molecule has 0 aliphatic heterocycles. The van der Waals surface area contributed by atoms with Crippen molar-refractivity contribution in [2.75, 3.05) is 6.61 Å². The topological polar surface area (TPSA) is 75.1 Å². The number of hydrogen-bond acceptors (Lipinski definition) is 4. The summed E-state index contributed by atoms with van der Waals surface area (Å²) in [6.07, 6.45) is 1.43. The molecule has 0 aromatic carbocycles. The lowest BCUT2D eigenvalue weighted by atomic mass is 9.87. The Morgan fingerprint density at radius 2 is 2.05 bits per heavy atom. The summed E-state index contributed by atoms with van der Waals surface area (Å²) in [5.41, 5.74) is -0.113. The van der Waals surface area contributed by atoms with Crippen LogP contribution < -0.4 is 5.32 Å². The van der Waals surface area contributed by atoms with Crippen LogP contribution in [-0.2, 0) is 0 Å². The quantitative estimate of drug-likeness (QED) is 0.895. The summed E-state index contributed by atoms with van der Waals surface area (Å²) in [6, 6.07) is -0.372. The molecule has 2 N–H and O–H groups in total. The fourth-order valence-electron chi connectivity index (χ4n) is 1.58. The number of rotatable bonds is 4. The lowest BCUT2D eigenvalue weighted by Gasteiger charge is -2.29. The summed E-state index contributed by atoms with van der Waals surface area (Å²) < 4.78 is 0. The molecule has 5 nitrogen and oxygen atoms in total. The second-order valence-corrected chi connectivity index (χ2v) is 6.56. The zero-order valence-corrected chi connectivity index (χ0v) is 13.3. The molecule has 0 radical (unpaired) electrons. The van der Waals surface area contributed by atoms with Crippen LogP contribution in [0.15, 0.2) is 6.20 Å². The average Bonchev–Trinajstić information content (AvgIpc) is 2.34. The predicted octanol–water partition coefficient (Wildman–Crippen LogP) is 2.39. The van der Waals surface area contributed by atoms with Gasteiger partial charge in [-0.25, -0.2) is 9.97 Å². The Labute approximate surface area is 124 Å². The molecule has 0 aliphatic rings. The number of aromatic nitrogens is 2. The molecule has 0 fully saturated rings. The van der Waals surface area contributed by atoms with E-state index < -0.39 is 5.91 Å². The van der Waals surface area contributed by atoms with Gasteiger partial charge in [0.1, 0.15) is 11.5 Å². The van der Waals surface area contributed by atoms with Crippen LogP contribution in [0.25, 0.3) is 0 Å². The molecular weight excluding hydrogens is 278 g/mol. The van der Waals surface area contributed by atoms with Gasteiger partial charge in [0.2, 0.25) is 0 Å². The fourth-order valence-corrected chi connectivity index (χ4v) is 1.76. The van der Waals surface area contributed by atoms with Crippen molar-refractivity contribution in [3.8, 4) is 0 Å². The Morgan fingerprint density at radius 1 is 1.45 bits per heavy atom. The normalized spacial score (nSPS) is 13.4. The largest absolute Gasteiger partial charge is 0.394 e. The number of aliphatic hydroxyl groups excluding tert-OH is 1. The number of nitrogens with one attached hydrogen (secondary N) is 1. The Morgan fingerprint density at radius 3 is 2.50 bits per heavy atom. The average molecular weight is 300 g/mol. The van der Waals surface area contributed by atoms with Crippen LogP contribution in [0.1, 0.15) is 56.8 Å². The molecule has 1 amide bonds. The van der Waals surface area contributed by atoms with Crippen molar-refractivity contribution in [2.24, 2.45) is 5.41 Å². The van der Waals surface area contributed by atoms with Gasteiger partial charge in [0.15, 0.2) is 0 Å². The van der Waals surface area contributed by atoms with Gasteiger partial charge in [-0.3, -0.25) is 4.79 Å². The number of halogens is 1. The Balaban J connectivity index is 3.00. The van der Waals surface area contributed by atoms with Gasteiger partial charge in [-0.2, -0.15) is 0 Å². The van der Waals surface area contributed by atoms with Gasteiger partial charge in [-0.1, -0.05) is 46.2 Å². The fraction of sp³-hybridized carbons (Fsp3) is 0.643. The molecule has 1 rings (SSSR count). The van der Waals surface area contributed by atoms with E-state index in [2.05, 4.69) is 15.3 Å². The highest BCUT2D eigenvalue weighted by molar-refractivity contribution is 6.33. The lowest BCUT2D eigenvalue weighted by Crippen LogP contribution is -2.46. The standard InChI is InChI=1S/C14H22ClN3O2/c1-8(2)12-16-6-9(15)11(18-12)13(20)17-10(7-19)14(3,4)5/h6,8,10,19H,7H2,1-5H3,(H,17,20). The molecule has 0 aliphatic carbocycles. The van der Waals surface area contributed by atoms with E-state index >= 15 is 0 Å². The maximum absolute atomic E-state index is 12.3. The number of aliphatic hydroxyl groups is 1. The summed E-state index contributed by atoms with van der Waals surface area (Å²) in [7, 11) is 0. The van der Waals surface area contributed by atoms with E-state index in [4.69, 9.17) is 11.6 Å². The molecule has 6 heteroatoms. The predicted molar refractivity (Wildman–Crippen MR) is 78.9 cm³/mol. The van der Waals surface area contributed by atoms with Crippen LogP contribution in [0, 0.1) is 5.41 Å². The Bertz CT molecular complexity index is 484. The van der Waals surface area contributed by atoms with Crippen molar-refractivity contribution in [3.05, 3.63) is 22.7 Å². The summed E-state index contributed by atoms with van der Waals surface area (Å²) in [5.74, 6) is 0.277. The highest BCUT2D eigenvalue weighted by Crippen LogP contribution is 2.21. The number of carbonyl (C=O) groups is 1. The van der Waals surface area contributed by atoms with Crippen molar-refractivity contribution in [1.29, 1.82) is 0 Å². The van der Waals surface area contributed by atoms with Gasteiger partial charge in [0.25, 0.3) is 5.91 Å². The van der Waals surface area contributed by atoms with Gasteiger partial charge in [-0.15, -0.1) is 0 Å². The van der Waals surface area contributed by atoms with Crippen LogP contribution in [-0.4, -0.2) is 33.6 Å². The molecule has 1 aromatic heterocycles. The van der Waals surface area contributed by atoms with Crippen LogP contribution in [0.3, 0.4) is 0 Å². The highest BCUT2D eigenvalue weighted by atomic mass is 35.5. The molecule has 1 heterocycles. The zero-order valence-electron chi connectivity index (χ0n) is 12.6. The van der Waals surface area contributed by atoms with Gasteiger partial charge < -0.3 is 10.4 Å². The van der Waals surface area contributed by atoms with Crippen LogP contribution in [0.2, 0.25) is 5.02 Å². The summed E-state index contributed by atoms with van der Waals surface area (Å²) >= 11 is 5.99. The van der Waals surface area contributed by atoms with Crippen LogP contribution in [0.4, 0.5) is 0 Å². The maximum atomic E-state index is 12.3. The van der Waals surface area contributed by atoms with E-state index in [0.29, 0.717) is 5.82 Å². The minimum Gasteiger partial charge on any atom is -0.394 e. The van der Waals surface area contributed by atoms with Crippen molar-refractivity contribution >= 4 is 17.5 Å². The Hall–Kier alpha value is -1.20. The zero-order chi connectivity index (χ0) is 15.5. The summed E-state index contributed by atoms with van der Waals surface area (Å²) in [6.45, 7) is 9.56. The van der Waals surface area contributed by atoms with Crippen molar-refractivity contribution < 1.29 is 9.90 Å². The molecule has 0 spiro atoms.